The third kappa shape index (κ3) is 2.24. The number of nitrogens with two attached hydrogens (primary N) is 1. The molecule has 2 aromatic heterocycles. The van der Waals surface area contributed by atoms with Crippen LogP contribution in [0.1, 0.15) is 11.1 Å². The van der Waals surface area contributed by atoms with Gasteiger partial charge in [-0.05, 0) is 52.8 Å². The average molecular weight is 382 g/mol. The lowest BCUT2D eigenvalue weighted by Gasteiger charge is -2.09. The Morgan fingerprint density at radius 2 is 2.20 bits per heavy atom. The molecule has 6 heteroatoms. The van der Waals surface area contributed by atoms with Gasteiger partial charge in [-0.25, -0.2) is 9.37 Å². The number of nitrogens with zero attached hydrogens (tertiary/aromatic N) is 3. The molecule has 2 heterocycles. The Balaban J connectivity index is 2.14. The van der Waals surface area contributed by atoms with E-state index < -0.39 is 0 Å². The number of halogens is 2. The van der Waals surface area contributed by atoms with Gasteiger partial charge in [0, 0.05) is 18.5 Å². The number of rotatable bonds is 2. The van der Waals surface area contributed by atoms with E-state index in [1.807, 2.05) is 40.1 Å². The van der Waals surface area contributed by atoms with E-state index in [0.717, 1.165) is 11.1 Å². The lowest BCUT2D eigenvalue weighted by molar-refractivity contribution is 0.621. The number of pyridine rings is 1. The molecule has 0 atom stereocenters. The van der Waals surface area contributed by atoms with Gasteiger partial charge in [-0.3, -0.25) is 4.98 Å². The fraction of sp³-hybridized carbons (Fsp3) is 0.143. The van der Waals surface area contributed by atoms with Crippen molar-refractivity contribution in [3.8, 4) is 0 Å². The number of anilines is 1. The van der Waals surface area contributed by atoms with Gasteiger partial charge < -0.3 is 10.3 Å². The molecule has 0 saturated carbocycles. The maximum Gasteiger partial charge on any atom is 0.201 e. The summed E-state index contributed by atoms with van der Waals surface area (Å²) in [5, 5.41) is 0. The summed E-state index contributed by atoms with van der Waals surface area (Å²) in [5.74, 6) is 0.128. The molecule has 4 nitrogen and oxygen atoms in total. The maximum absolute atomic E-state index is 13.8. The fourth-order valence-corrected chi connectivity index (χ4v) is 2.61. The predicted molar refractivity (Wildman–Crippen MR) is 84.9 cm³/mol. The molecule has 2 N–H and O–H groups in total. The van der Waals surface area contributed by atoms with Crippen LogP contribution in [0.15, 0.2) is 30.6 Å². The summed E-state index contributed by atoms with van der Waals surface area (Å²) in [6, 6.07) is 5.12. The highest BCUT2D eigenvalue weighted by molar-refractivity contribution is 14.1. The van der Waals surface area contributed by atoms with E-state index in [1.165, 1.54) is 6.07 Å². The van der Waals surface area contributed by atoms with E-state index in [4.69, 9.17) is 5.73 Å². The van der Waals surface area contributed by atoms with Crippen LogP contribution in [0.2, 0.25) is 0 Å². The Bertz CT molecular complexity index is 797. The van der Waals surface area contributed by atoms with E-state index in [9.17, 15) is 4.39 Å². The van der Waals surface area contributed by atoms with Crippen LogP contribution in [-0.4, -0.2) is 14.5 Å². The summed E-state index contributed by atoms with van der Waals surface area (Å²) < 4.78 is 16.1. The normalized spacial score (nSPS) is 11.2. The van der Waals surface area contributed by atoms with E-state index in [1.54, 1.807) is 18.5 Å². The summed E-state index contributed by atoms with van der Waals surface area (Å²) in [4.78, 5) is 8.36. The first kappa shape index (κ1) is 13.3. The lowest BCUT2D eigenvalue weighted by atomic mass is 10.1. The SMILES string of the molecule is Cc1cnccc1Cn1c(N)nc2cc(I)c(F)cc21. The van der Waals surface area contributed by atoms with Crippen LogP contribution in [0, 0.1) is 16.3 Å². The second kappa shape index (κ2) is 5.01. The number of aromatic nitrogens is 3. The van der Waals surface area contributed by atoms with Crippen LogP contribution in [0.3, 0.4) is 0 Å². The van der Waals surface area contributed by atoms with Crippen molar-refractivity contribution < 1.29 is 4.39 Å². The molecule has 0 bridgehead atoms. The molecule has 0 aliphatic rings. The zero-order valence-electron chi connectivity index (χ0n) is 10.8. The zero-order chi connectivity index (χ0) is 14.3. The van der Waals surface area contributed by atoms with Crippen molar-refractivity contribution in [2.75, 3.05) is 5.73 Å². The average Bonchev–Trinajstić information content (AvgIpc) is 2.69. The molecule has 0 amide bonds. The minimum Gasteiger partial charge on any atom is -0.369 e. The minimum absolute atomic E-state index is 0.259. The summed E-state index contributed by atoms with van der Waals surface area (Å²) >= 11 is 1.95. The first-order chi connectivity index (χ1) is 9.56. The number of aryl methyl sites for hydroxylation is 1. The standard InChI is InChI=1S/C14H12FIN4/c1-8-6-18-3-2-9(8)7-20-13-4-10(15)11(16)5-12(13)19-14(20)17/h2-6H,7H2,1H3,(H2,17,19). The highest BCUT2D eigenvalue weighted by Crippen LogP contribution is 2.24. The molecule has 3 aromatic rings. The van der Waals surface area contributed by atoms with Gasteiger partial charge in [-0.1, -0.05) is 0 Å². The molecule has 0 saturated heterocycles. The van der Waals surface area contributed by atoms with E-state index in [2.05, 4.69) is 9.97 Å². The number of benzene rings is 1. The zero-order valence-corrected chi connectivity index (χ0v) is 12.9. The first-order valence-corrected chi connectivity index (χ1v) is 7.14. The monoisotopic (exact) mass is 382 g/mol. The first-order valence-electron chi connectivity index (χ1n) is 6.06. The van der Waals surface area contributed by atoms with Crippen LogP contribution < -0.4 is 5.73 Å². The molecule has 1 aromatic carbocycles. The van der Waals surface area contributed by atoms with Crippen molar-refractivity contribution in [1.82, 2.24) is 14.5 Å². The summed E-state index contributed by atoms with van der Waals surface area (Å²) in [6.45, 7) is 2.54. The Hall–Kier alpha value is -1.70. The predicted octanol–water partition coefficient (Wildman–Crippen LogP) is 3.11. The summed E-state index contributed by atoms with van der Waals surface area (Å²) in [7, 11) is 0. The number of hydrogen-bond donors (Lipinski definition) is 1. The van der Waals surface area contributed by atoms with Crippen LogP contribution >= 0.6 is 22.6 Å². The topological polar surface area (TPSA) is 56.7 Å². The van der Waals surface area contributed by atoms with Crippen molar-refractivity contribution >= 4 is 39.6 Å². The Morgan fingerprint density at radius 3 is 2.95 bits per heavy atom. The van der Waals surface area contributed by atoms with Crippen molar-refractivity contribution in [2.24, 2.45) is 0 Å². The van der Waals surface area contributed by atoms with Gasteiger partial charge in [0.1, 0.15) is 5.82 Å². The quantitative estimate of drug-likeness (QED) is 0.693. The van der Waals surface area contributed by atoms with Crippen molar-refractivity contribution in [2.45, 2.75) is 13.5 Å². The van der Waals surface area contributed by atoms with Gasteiger partial charge in [0.15, 0.2) is 0 Å². The molecule has 0 unspecified atom stereocenters. The molecule has 0 radical (unpaired) electrons. The number of fused-ring (bicyclic) bond motifs is 1. The molecular formula is C14H12FIN4. The lowest BCUT2D eigenvalue weighted by Crippen LogP contribution is -2.06. The van der Waals surface area contributed by atoms with E-state index >= 15 is 0 Å². The van der Waals surface area contributed by atoms with Gasteiger partial charge in [0.25, 0.3) is 0 Å². The van der Waals surface area contributed by atoms with Crippen molar-refractivity contribution in [3.05, 3.63) is 51.1 Å². The molecule has 3 rings (SSSR count). The van der Waals surface area contributed by atoms with Crippen LogP contribution in [0.4, 0.5) is 10.3 Å². The van der Waals surface area contributed by atoms with E-state index in [0.29, 0.717) is 27.1 Å². The van der Waals surface area contributed by atoms with Gasteiger partial charge in [0.05, 0.1) is 21.1 Å². The van der Waals surface area contributed by atoms with Crippen LogP contribution in [-0.2, 0) is 6.54 Å². The highest BCUT2D eigenvalue weighted by Gasteiger charge is 2.12. The largest absolute Gasteiger partial charge is 0.369 e. The second-order valence-corrected chi connectivity index (χ2v) is 5.78. The third-order valence-electron chi connectivity index (χ3n) is 3.28. The Labute approximate surface area is 129 Å². The number of imidazole rings is 1. The van der Waals surface area contributed by atoms with Gasteiger partial charge >= 0.3 is 0 Å². The Kier molecular flexibility index (Phi) is 3.33. The molecule has 102 valence electrons. The van der Waals surface area contributed by atoms with Gasteiger partial charge in [0.2, 0.25) is 5.95 Å². The maximum atomic E-state index is 13.8. The summed E-state index contributed by atoms with van der Waals surface area (Å²) in [5.41, 5.74) is 9.53. The second-order valence-electron chi connectivity index (χ2n) is 4.61. The molecular weight excluding hydrogens is 370 g/mol. The van der Waals surface area contributed by atoms with Gasteiger partial charge in [-0.2, -0.15) is 0 Å². The number of hydrogen-bond acceptors (Lipinski definition) is 3. The Morgan fingerprint density at radius 1 is 1.40 bits per heavy atom. The van der Waals surface area contributed by atoms with Crippen molar-refractivity contribution in [3.63, 3.8) is 0 Å². The molecule has 0 aliphatic heterocycles. The molecule has 0 spiro atoms. The highest BCUT2D eigenvalue weighted by atomic mass is 127. The molecule has 0 aliphatic carbocycles. The number of nitrogen functional groups attached to an aromatic ring is 1. The molecule has 20 heavy (non-hydrogen) atoms. The van der Waals surface area contributed by atoms with E-state index in [-0.39, 0.29) is 5.82 Å². The smallest absolute Gasteiger partial charge is 0.201 e. The fourth-order valence-electron chi connectivity index (χ4n) is 2.15. The molecule has 0 fully saturated rings. The van der Waals surface area contributed by atoms with Gasteiger partial charge in [-0.15, -0.1) is 0 Å². The van der Waals surface area contributed by atoms with Crippen molar-refractivity contribution in [1.29, 1.82) is 0 Å². The minimum atomic E-state index is -0.259. The van der Waals surface area contributed by atoms with Crippen LogP contribution in [0.5, 0.6) is 0 Å². The summed E-state index contributed by atoms with van der Waals surface area (Å²) in [6.07, 6.45) is 3.54. The third-order valence-corrected chi connectivity index (χ3v) is 4.11. The van der Waals surface area contributed by atoms with Crippen LogP contribution in [0.25, 0.3) is 11.0 Å².